The SMILES string of the molecule is CCc1ccc(N(CC(C)C)S(=O)(=O)c2ccc3c(cnn3Cc3ccccc3)c2)cc1. The van der Waals surface area contributed by atoms with E-state index in [1.54, 1.807) is 18.3 Å². The molecule has 0 unspecified atom stereocenters. The number of anilines is 1. The van der Waals surface area contributed by atoms with Crippen molar-refractivity contribution in [2.24, 2.45) is 5.92 Å². The molecule has 166 valence electrons. The molecule has 4 rings (SSSR count). The molecule has 0 radical (unpaired) electrons. The van der Waals surface area contributed by atoms with Crippen LogP contribution < -0.4 is 4.31 Å². The maximum atomic E-state index is 13.7. The summed E-state index contributed by atoms with van der Waals surface area (Å²) >= 11 is 0. The first-order chi connectivity index (χ1) is 15.4. The molecular formula is C26H29N3O2S. The minimum absolute atomic E-state index is 0.188. The van der Waals surface area contributed by atoms with Crippen LogP contribution in [0.25, 0.3) is 10.9 Å². The average molecular weight is 448 g/mol. The van der Waals surface area contributed by atoms with E-state index < -0.39 is 10.0 Å². The Balaban J connectivity index is 1.69. The second-order valence-electron chi connectivity index (χ2n) is 8.46. The van der Waals surface area contributed by atoms with Crippen LogP contribution in [0.4, 0.5) is 5.69 Å². The molecule has 0 spiro atoms. The van der Waals surface area contributed by atoms with Gasteiger partial charge in [-0.1, -0.05) is 63.2 Å². The fourth-order valence-corrected chi connectivity index (χ4v) is 5.47. The molecule has 0 N–H and O–H groups in total. The van der Waals surface area contributed by atoms with Gasteiger partial charge in [0.25, 0.3) is 10.0 Å². The van der Waals surface area contributed by atoms with E-state index in [1.807, 2.05) is 67.1 Å². The number of fused-ring (bicyclic) bond motifs is 1. The highest BCUT2D eigenvalue weighted by molar-refractivity contribution is 7.92. The Morgan fingerprint density at radius 3 is 2.31 bits per heavy atom. The van der Waals surface area contributed by atoms with Gasteiger partial charge < -0.3 is 0 Å². The van der Waals surface area contributed by atoms with Crippen LogP contribution in [0.1, 0.15) is 31.9 Å². The fourth-order valence-electron chi connectivity index (χ4n) is 3.81. The lowest BCUT2D eigenvalue weighted by atomic mass is 10.1. The Hall–Kier alpha value is -3.12. The molecule has 32 heavy (non-hydrogen) atoms. The maximum absolute atomic E-state index is 13.7. The van der Waals surface area contributed by atoms with Crippen molar-refractivity contribution in [1.29, 1.82) is 0 Å². The highest BCUT2D eigenvalue weighted by Crippen LogP contribution is 2.28. The van der Waals surface area contributed by atoms with E-state index in [0.29, 0.717) is 18.8 Å². The number of benzene rings is 3. The van der Waals surface area contributed by atoms with Crippen molar-refractivity contribution in [2.45, 2.75) is 38.6 Å². The van der Waals surface area contributed by atoms with E-state index in [2.05, 4.69) is 24.2 Å². The van der Waals surface area contributed by atoms with Gasteiger partial charge in [0.05, 0.1) is 28.8 Å². The molecule has 6 heteroatoms. The van der Waals surface area contributed by atoms with Crippen LogP contribution in [-0.2, 0) is 23.0 Å². The smallest absolute Gasteiger partial charge is 0.264 e. The lowest BCUT2D eigenvalue weighted by molar-refractivity contribution is 0.578. The molecule has 0 aliphatic carbocycles. The second kappa shape index (κ2) is 9.17. The quantitative estimate of drug-likeness (QED) is 0.358. The zero-order valence-corrected chi connectivity index (χ0v) is 19.6. The largest absolute Gasteiger partial charge is 0.266 e. The Labute approximate surface area is 190 Å². The van der Waals surface area contributed by atoms with Gasteiger partial charge in [-0.25, -0.2) is 8.42 Å². The summed E-state index contributed by atoms with van der Waals surface area (Å²) in [5, 5.41) is 5.31. The first-order valence-corrected chi connectivity index (χ1v) is 12.4. The van der Waals surface area contributed by atoms with Gasteiger partial charge in [0.15, 0.2) is 0 Å². The third-order valence-corrected chi connectivity index (χ3v) is 7.33. The van der Waals surface area contributed by atoms with Gasteiger partial charge in [-0.2, -0.15) is 5.10 Å². The van der Waals surface area contributed by atoms with Gasteiger partial charge in [-0.15, -0.1) is 0 Å². The summed E-state index contributed by atoms with van der Waals surface area (Å²) in [6, 6.07) is 23.2. The number of hydrogen-bond acceptors (Lipinski definition) is 3. The number of rotatable bonds is 8. The molecule has 4 aromatic rings. The number of hydrogen-bond donors (Lipinski definition) is 0. The molecule has 0 aliphatic rings. The Morgan fingerprint density at radius 2 is 1.66 bits per heavy atom. The van der Waals surface area contributed by atoms with E-state index in [0.717, 1.165) is 22.9 Å². The Bertz CT molecular complexity index is 1290. The van der Waals surface area contributed by atoms with Crippen molar-refractivity contribution < 1.29 is 8.42 Å². The van der Waals surface area contributed by atoms with Crippen LogP contribution in [0.2, 0.25) is 0 Å². The molecule has 0 atom stereocenters. The van der Waals surface area contributed by atoms with Crippen LogP contribution in [-0.4, -0.2) is 24.7 Å². The summed E-state index contributed by atoms with van der Waals surface area (Å²) in [6.45, 7) is 7.20. The molecule has 5 nitrogen and oxygen atoms in total. The predicted octanol–water partition coefficient (Wildman–Crippen LogP) is 5.50. The van der Waals surface area contributed by atoms with Crippen molar-refractivity contribution in [3.8, 4) is 0 Å². The summed E-state index contributed by atoms with van der Waals surface area (Å²) in [5.41, 5.74) is 3.93. The van der Waals surface area contributed by atoms with Gasteiger partial charge in [-0.3, -0.25) is 8.99 Å². The lowest BCUT2D eigenvalue weighted by Gasteiger charge is -2.26. The normalized spacial score (nSPS) is 11.9. The van der Waals surface area contributed by atoms with Gasteiger partial charge in [0.2, 0.25) is 0 Å². The summed E-state index contributed by atoms with van der Waals surface area (Å²) in [5.74, 6) is 0.188. The molecular weight excluding hydrogens is 418 g/mol. The van der Waals surface area contributed by atoms with Crippen molar-refractivity contribution in [3.63, 3.8) is 0 Å². The van der Waals surface area contributed by atoms with E-state index in [4.69, 9.17) is 0 Å². The van der Waals surface area contributed by atoms with E-state index in [1.165, 1.54) is 9.87 Å². The Morgan fingerprint density at radius 1 is 0.938 bits per heavy atom. The van der Waals surface area contributed by atoms with Gasteiger partial charge in [0, 0.05) is 11.9 Å². The second-order valence-corrected chi connectivity index (χ2v) is 10.3. The van der Waals surface area contributed by atoms with Gasteiger partial charge in [0.1, 0.15) is 0 Å². The summed E-state index contributed by atoms with van der Waals surface area (Å²) in [6.07, 6.45) is 2.65. The molecule has 0 bridgehead atoms. The zero-order valence-electron chi connectivity index (χ0n) is 18.8. The van der Waals surface area contributed by atoms with Crippen molar-refractivity contribution >= 4 is 26.6 Å². The molecule has 0 amide bonds. The summed E-state index contributed by atoms with van der Waals surface area (Å²) in [7, 11) is -3.71. The van der Waals surface area contributed by atoms with E-state index in [-0.39, 0.29) is 10.8 Å². The molecule has 1 heterocycles. The zero-order chi connectivity index (χ0) is 22.7. The van der Waals surface area contributed by atoms with Crippen molar-refractivity contribution in [2.75, 3.05) is 10.8 Å². The topological polar surface area (TPSA) is 55.2 Å². The average Bonchev–Trinajstić information content (AvgIpc) is 3.20. The molecule has 0 saturated heterocycles. The summed E-state index contributed by atoms with van der Waals surface area (Å²) in [4.78, 5) is 0.282. The molecule has 0 fully saturated rings. The Kier molecular flexibility index (Phi) is 6.33. The fraction of sp³-hybridized carbons (Fsp3) is 0.269. The monoisotopic (exact) mass is 447 g/mol. The third-order valence-electron chi connectivity index (χ3n) is 5.54. The van der Waals surface area contributed by atoms with Crippen LogP contribution in [0.5, 0.6) is 0 Å². The first-order valence-electron chi connectivity index (χ1n) is 11.0. The van der Waals surface area contributed by atoms with Crippen LogP contribution in [0.3, 0.4) is 0 Å². The predicted molar refractivity (Wildman–Crippen MR) is 130 cm³/mol. The van der Waals surface area contributed by atoms with Crippen LogP contribution in [0, 0.1) is 5.92 Å². The molecule has 0 aliphatic heterocycles. The molecule has 3 aromatic carbocycles. The lowest BCUT2D eigenvalue weighted by Crippen LogP contribution is -2.34. The standard InChI is InChI=1S/C26H29N3O2S/c1-4-21-10-12-24(13-11-21)29(18-20(2)3)32(30,31)25-14-15-26-23(16-25)17-27-28(26)19-22-8-6-5-7-9-22/h5-17,20H,4,18-19H2,1-3H3. The summed E-state index contributed by atoms with van der Waals surface area (Å²) < 4.78 is 30.7. The van der Waals surface area contributed by atoms with E-state index in [9.17, 15) is 8.42 Å². The third kappa shape index (κ3) is 4.55. The van der Waals surface area contributed by atoms with Gasteiger partial charge >= 0.3 is 0 Å². The maximum Gasteiger partial charge on any atom is 0.264 e. The number of sulfonamides is 1. The number of aromatic nitrogens is 2. The van der Waals surface area contributed by atoms with Crippen LogP contribution >= 0.6 is 0 Å². The number of nitrogens with zero attached hydrogens (tertiary/aromatic N) is 3. The van der Waals surface area contributed by atoms with Crippen LogP contribution in [0.15, 0.2) is 83.9 Å². The van der Waals surface area contributed by atoms with Crippen molar-refractivity contribution in [1.82, 2.24) is 9.78 Å². The minimum atomic E-state index is -3.71. The highest BCUT2D eigenvalue weighted by Gasteiger charge is 2.26. The minimum Gasteiger partial charge on any atom is -0.266 e. The van der Waals surface area contributed by atoms with Crippen molar-refractivity contribution in [3.05, 3.63) is 90.1 Å². The number of aryl methyl sites for hydroxylation is 1. The van der Waals surface area contributed by atoms with E-state index >= 15 is 0 Å². The van der Waals surface area contributed by atoms with Gasteiger partial charge in [-0.05, 0) is 53.8 Å². The highest BCUT2D eigenvalue weighted by atomic mass is 32.2. The first kappa shape index (κ1) is 22.1. The molecule has 1 aromatic heterocycles. The molecule has 0 saturated carbocycles.